The van der Waals surface area contributed by atoms with E-state index in [1.165, 1.54) is 15.9 Å². The van der Waals surface area contributed by atoms with E-state index in [0.717, 1.165) is 46.7 Å². The van der Waals surface area contributed by atoms with E-state index in [2.05, 4.69) is 20.4 Å². The Bertz CT molecular complexity index is 1310. The lowest BCUT2D eigenvalue weighted by atomic mass is 10.1. The van der Waals surface area contributed by atoms with E-state index in [-0.39, 0.29) is 5.82 Å². The molecule has 1 aliphatic carbocycles. The molecular weight excluding hydrogens is 400 g/mol. The van der Waals surface area contributed by atoms with Crippen LogP contribution in [-0.2, 0) is 12.8 Å². The number of rotatable bonds is 4. The minimum absolute atomic E-state index is 0.0141. The molecule has 0 bridgehead atoms. The highest BCUT2D eigenvalue weighted by Gasteiger charge is 2.27. The first-order valence-corrected chi connectivity index (χ1v) is 10.4. The number of aryl methyl sites for hydroxylation is 2. The second-order valence-corrected chi connectivity index (χ2v) is 8.28. The number of benzene rings is 1. The predicted molar refractivity (Wildman–Crippen MR) is 114 cm³/mol. The van der Waals surface area contributed by atoms with Gasteiger partial charge in [-0.2, -0.15) is 4.98 Å². The van der Waals surface area contributed by atoms with Crippen LogP contribution in [0.5, 0.6) is 0 Å². The summed E-state index contributed by atoms with van der Waals surface area (Å²) in [5, 5.41) is 7.54. The molecule has 0 fully saturated rings. The molecule has 0 aliphatic heterocycles. The number of amides is 2. The van der Waals surface area contributed by atoms with Crippen LogP contribution in [0.1, 0.15) is 43.5 Å². The van der Waals surface area contributed by atoms with Gasteiger partial charge in [0, 0.05) is 16.1 Å². The normalized spacial score (nSPS) is 12.8. The van der Waals surface area contributed by atoms with Crippen molar-refractivity contribution in [1.82, 2.24) is 19.6 Å². The van der Waals surface area contributed by atoms with Crippen LogP contribution in [0.3, 0.4) is 0 Å². The average Bonchev–Trinajstić information content (AvgIpc) is 3.42. The van der Waals surface area contributed by atoms with Crippen LogP contribution in [0.15, 0.2) is 36.4 Å². The van der Waals surface area contributed by atoms with Gasteiger partial charge < -0.3 is 11.1 Å². The number of anilines is 1. The van der Waals surface area contributed by atoms with Gasteiger partial charge in [-0.3, -0.25) is 9.59 Å². The molecule has 3 heterocycles. The van der Waals surface area contributed by atoms with E-state index in [0.29, 0.717) is 16.3 Å². The Labute approximate surface area is 175 Å². The SMILES string of the molecule is Cc1cc(-c2ccccc2)nc2nc(C(=O)Nc3sc4c(c3C(N)=O)CCC4)nn12. The van der Waals surface area contributed by atoms with Crippen LogP contribution in [-0.4, -0.2) is 31.4 Å². The summed E-state index contributed by atoms with van der Waals surface area (Å²) in [6.07, 6.45) is 2.70. The number of thiophene rings is 1. The van der Waals surface area contributed by atoms with Crippen molar-refractivity contribution in [3.63, 3.8) is 0 Å². The maximum Gasteiger partial charge on any atom is 0.296 e. The second kappa shape index (κ2) is 7.03. The van der Waals surface area contributed by atoms with Gasteiger partial charge in [0.2, 0.25) is 5.82 Å². The Morgan fingerprint density at radius 2 is 1.97 bits per heavy atom. The van der Waals surface area contributed by atoms with Crippen LogP contribution in [0.2, 0.25) is 0 Å². The van der Waals surface area contributed by atoms with Gasteiger partial charge in [-0.05, 0) is 37.8 Å². The first-order chi connectivity index (χ1) is 14.5. The third-order valence-corrected chi connectivity index (χ3v) is 6.36. The monoisotopic (exact) mass is 418 g/mol. The summed E-state index contributed by atoms with van der Waals surface area (Å²) in [5.41, 5.74) is 9.45. The van der Waals surface area contributed by atoms with Crippen molar-refractivity contribution in [3.05, 3.63) is 63.9 Å². The summed E-state index contributed by atoms with van der Waals surface area (Å²) in [4.78, 5) is 34.7. The van der Waals surface area contributed by atoms with Crippen molar-refractivity contribution in [2.24, 2.45) is 5.73 Å². The van der Waals surface area contributed by atoms with Gasteiger partial charge in [-0.1, -0.05) is 30.3 Å². The number of carbonyl (C=O) groups excluding carboxylic acids is 2. The number of nitrogens with zero attached hydrogens (tertiary/aromatic N) is 4. The van der Waals surface area contributed by atoms with Crippen molar-refractivity contribution >= 4 is 33.9 Å². The first kappa shape index (κ1) is 18.4. The fourth-order valence-electron chi connectivity index (χ4n) is 3.78. The molecule has 8 nitrogen and oxygen atoms in total. The highest BCUT2D eigenvalue weighted by atomic mass is 32.1. The summed E-state index contributed by atoms with van der Waals surface area (Å²) in [6, 6.07) is 11.6. The lowest BCUT2D eigenvalue weighted by Crippen LogP contribution is -2.18. The number of aromatic nitrogens is 4. The van der Waals surface area contributed by atoms with Gasteiger partial charge in [-0.25, -0.2) is 9.50 Å². The molecule has 0 atom stereocenters. The maximum atomic E-state index is 12.8. The molecule has 30 heavy (non-hydrogen) atoms. The molecule has 1 aromatic carbocycles. The summed E-state index contributed by atoms with van der Waals surface area (Å²) in [5.74, 6) is -0.705. The molecule has 0 spiro atoms. The molecule has 0 saturated heterocycles. The zero-order valence-electron chi connectivity index (χ0n) is 16.2. The molecule has 2 amide bonds. The fourth-order valence-corrected chi connectivity index (χ4v) is 5.07. The maximum absolute atomic E-state index is 12.8. The predicted octanol–water partition coefficient (Wildman–Crippen LogP) is 3.00. The quantitative estimate of drug-likeness (QED) is 0.529. The molecule has 9 heteroatoms. The molecule has 3 N–H and O–H groups in total. The van der Waals surface area contributed by atoms with Gasteiger partial charge >= 0.3 is 0 Å². The molecule has 0 unspecified atom stereocenters. The molecule has 1 aliphatic rings. The van der Waals surface area contributed by atoms with E-state index in [1.807, 2.05) is 43.3 Å². The molecule has 3 aromatic heterocycles. The zero-order chi connectivity index (χ0) is 20.8. The molecule has 0 radical (unpaired) electrons. The van der Waals surface area contributed by atoms with Gasteiger partial charge in [0.25, 0.3) is 17.6 Å². The van der Waals surface area contributed by atoms with Crippen LogP contribution >= 0.6 is 11.3 Å². The molecular formula is C21H18N6O2S. The second-order valence-electron chi connectivity index (χ2n) is 7.18. The minimum atomic E-state index is -0.530. The van der Waals surface area contributed by atoms with Crippen molar-refractivity contribution in [2.45, 2.75) is 26.2 Å². The topological polar surface area (TPSA) is 115 Å². The number of nitrogens with one attached hydrogen (secondary N) is 1. The van der Waals surface area contributed by atoms with Crippen LogP contribution in [0.4, 0.5) is 5.00 Å². The van der Waals surface area contributed by atoms with E-state index >= 15 is 0 Å². The number of hydrogen-bond donors (Lipinski definition) is 2. The lowest BCUT2D eigenvalue weighted by molar-refractivity contribution is 0.100. The average molecular weight is 418 g/mol. The zero-order valence-corrected chi connectivity index (χ0v) is 17.0. The van der Waals surface area contributed by atoms with E-state index in [4.69, 9.17) is 5.73 Å². The Balaban J connectivity index is 1.49. The van der Waals surface area contributed by atoms with E-state index in [1.54, 1.807) is 0 Å². The van der Waals surface area contributed by atoms with E-state index < -0.39 is 11.8 Å². The Hall–Kier alpha value is -3.59. The van der Waals surface area contributed by atoms with Gasteiger partial charge in [0.15, 0.2) is 0 Å². The largest absolute Gasteiger partial charge is 0.365 e. The number of hydrogen-bond acceptors (Lipinski definition) is 6. The summed E-state index contributed by atoms with van der Waals surface area (Å²) in [6.45, 7) is 1.88. The van der Waals surface area contributed by atoms with Gasteiger partial charge in [0.05, 0.1) is 11.3 Å². The lowest BCUT2D eigenvalue weighted by Gasteiger charge is -2.03. The van der Waals surface area contributed by atoms with Crippen LogP contribution in [0.25, 0.3) is 17.0 Å². The standard InChI is InChI=1S/C21H18N6O2S/c1-11-10-14(12-6-3-2-4-7-12)23-21-24-18(26-27(11)21)19(29)25-20-16(17(22)28)13-8-5-9-15(13)30-20/h2-4,6-7,10H,5,8-9H2,1H3,(H2,22,28)(H,25,29). The summed E-state index contributed by atoms with van der Waals surface area (Å²) in [7, 11) is 0. The molecule has 5 rings (SSSR count). The van der Waals surface area contributed by atoms with Crippen LogP contribution < -0.4 is 11.1 Å². The third kappa shape index (κ3) is 3.03. The number of carbonyl (C=O) groups is 2. The van der Waals surface area contributed by atoms with Crippen molar-refractivity contribution in [3.8, 4) is 11.3 Å². The van der Waals surface area contributed by atoms with E-state index in [9.17, 15) is 9.59 Å². The molecule has 150 valence electrons. The third-order valence-electron chi connectivity index (χ3n) is 5.16. The Morgan fingerprint density at radius 3 is 2.73 bits per heavy atom. The Morgan fingerprint density at radius 1 is 1.17 bits per heavy atom. The Kier molecular flexibility index (Phi) is 4.32. The van der Waals surface area contributed by atoms with Crippen molar-refractivity contribution < 1.29 is 9.59 Å². The number of primary amides is 1. The molecule has 0 saturated carbocycles. The van der Waals surface area contributed by atoms with Crippen molar-refractivity contribution in [1.29, 1.82) is 0 Å². The minimum Gasteiger partial charge on any atom is -0.365 e. The number of nitrogens with two attached hydrogens (primary N) is 1. The van der Waals surface area contributed by atoms with Crippen LogP contribution in [0, 0.1) is 6.92 Å². The smallest absolute Gasteiger partial charge is 0.296 e. The first-order valence-electron chi connectivity index (χ1n) is 9.57. The van der Waals surface area contributed by atoms with Crippen molar-refractivity contribution in [2.75, 3.05) is 5.32 Å². The highest BCUT2D eigenvalue weighted by molar-refractivity contribution is 7.17. The van der Waals surface area contributed by atoms with Gasteiger partial charge in [0.1, 0.15) is 5.00 Å². The summed E-state index contributed by atoms with van der Waals surface area (Å²) < 4.78 is 1.53. The highest BCUT2D eigenvalue weighted by Crippen LogP contribution is 2.38. The fraction of sp³-hybridized carbons (Fsp3) is 0.190. The van der Waals surface area contributed by atoms with Gasteiger partial charge in [-0.15, -0.1) is 16.4 Å². The molecule has 4 aromatic rings. The summed E-state index contributed by atoms with van der Waals surface area (Å²) >= 11 is 1.40. The number of fused-ring (bicyclic) bond motifs is 2.